The molecule has 0 spiro atoms. The van der Waals surface area contributed by atoms with Crippen molar-refractivity contribution in [2.75, 3.05) is 20.1 Å². The molecule has 76 valence electrons. The van der Waals surface area contributed by atoms with Gasteiger partial charge < -0.3 is 10.2 Å². The highest BCUT2D eigenvalue weighted by Gasteiger charge is 2.23. The lowest BCUT2D eigenvalue weighted by Crippen LogP contribution is -2.46. The summed E-state index contributed by atoms with van der Waals surface area (Å²) in [5, 5.41) is 3.36. The van der Waals surface area contributed by atoms with Gasteiger partial charge in [0.2, 0.25) is 0 Å². The molecular formula is C11H22N2. The van der Waals surface area contributed by atoms with E-state index in [-0.39, 0.29) is 0 Å². The number of hydrogen-bond donors (Lipinski definition) is 1. The molecule has 1 saturated heterocycles. The van der Waals surface area contributed by atoms with Crippen LogP contribution in [-0.2, 0) is 0 Å². The quantitative estimate of drug-likeness (QED) is 0.665. The van der Waals surface area contributed by atoms with Gasteiger partial charge in [0.25, 0.3) is 0 Å². The van der Waals surface area contributed by atoms with E-state index in [1.807, 2.05) is 6.08 Å². The third kappa shape index (κ3) is 3.12. The number of hydrogen-bond acceptors (Lipinski definition) is 2. The molecule has 1 rings (SSSR count). The molecule has 2 atom stereocenters. The fourth-order valence-corrected chi connectivity index (χ4v) is 2.07. The second kappa shape index (κ2) is 5.40. The normalized spacial score (nSPS) is 30.3. The minimum absolute atomic E-state index is 0.728. The van der Waals surface area contributed by atoms with E-state index in [1.165, 1.54) is 25.9 Å². The van der Waals surface area contributed by atoms with Crippen molar-refractivity contribution < 1.29 is 0 Å². The van der Waals surface area contributed by atoms with E-state index in [4.69, 9.17) is 0 Å². The summed E-state index contributed by atoms with van der Waals surface area (Å²) in [5.41, 5.74) is 0. The summed E-state index contributed by atoms with van der Waals surface area (Å²) in [5.74, 6) is 0. The maximum Gasteiger partial charge on any atom is 0.00910 e. The molecule has 13 heavy (non-hydrogen) atoms. The van der Waals surface area contributed by atoms with E-state index in [1.54, 1.807) is 0 Å². The Labute approximate surface area is 82.0 Å². The molecule has 1 aliphatic rings. The SMILES string of the molecule is C=CCCN1CCC(NC)CC1C. The van der Waals surface area contributed by atoms with Gasteiger partial charge in [-0.3, -0.25) is 0 Å². The lowest BCUT2D eigenvalue weighted by Gasteiger charge is -2.37. The van der Waals surface area contributed by atoms with Crippen LogP contribution in [-0.4, -0.2) is 37.1 Å². The van der Waals surface area contributed by atoms with Crippen LogP contribution in [0.3, 0.4) is 0 Å². The first-order chi connectivity index (χ1) is 6.27. The average molecular weight is 182 g/mol. The molecule has 0 bridgehead atoms. The van der Waals surface area contributed by atoms with Crippen molar-refractivity contribution >= 4 is 0 Å². The molecule has 1 N–H and O–H groups in total. The molecule has 0 radical (unpaired) electrons. The Morgan fingerprint density at radius 3 is 2.92 bits per heavy atom. The Hall–Kier alpha value is -0.340. The van der Waals surface area contributed by atoms with Crippen LogP contribution in [0.25, 0.3) is 0 Å². The van der Waals surface area contributed by atoms with Crippen LogP contribution in [0.2, 0.25) is 0 Å². The highest BCUT2D eigenvalue weighted by molar-refractivity contribution is 4.83. The van der Waals surface area contributed by atoms with Gasteiger partial charge in [-0.1, -0.05) is 6.08 Å². The molecule has 1 fully saturated rings. The first kappa shape index (κ1) is 10.7. The molecule has 1 aliphatic heterocycles. The van der Waals surface area contributed by atoms with E-state index >= 15 is 0 Å². The molecule has 2 nitrogen and oxygen atoms in total. The van der Waals surface area contributed by atoms with Crippen molar-refractivity contribution in [2.24, 2.45) is 0 Å². The summed E-state index contributed by atoms with van der Waals surface area (Å²) < 4.78 is 0. The van der Waals surface area contributed by atoms with Gasteiger partial charge in [-0.15, -0.1) is 6.58 Å². The van der Waals surface area contributed by atoms with Crippen LogP contribution in [0, 0.1) is 0 Å². The Bertz CT molecular complexity index is 156. The Kier molecular flexibility index (Phi) is 4.46. The van der Waals surface area contributed by atoms with Crippen molar-refractivity contribution in [3.05, 3.63) is 12.7 Å². The second-order valence-corrected chi connectivity index (χ2v) is 3.97. The fraction of sp³-hybridized carbons (Fsp3) is 0.818. The number of nitrogens with zero attached hydrogens (tertiary/aromatic N) is 1. The molecule has 0 aromatic heterocycles. The number of rotatable bonds is 4. The summed E-state index contributed by atoms with van der Waals surface area (Å²) in [7, 11) is 2.07. The summed E-state index contributed by atoms with van der Waals surface area (Å²) >= 11 is 0. The van der Waals surface area contributed by atoms with Crippen LogP contribution in [0.15, 0.2) is 12.7 Å². The van der Waals surface area contributed by atoms with Gasteiger partial charge >= 0.3 is 0 Å². The zero-order valence-electron chi connectivity index (χ0n) is 8.92. The van der Waals surface area contributed by atoms with Gasteiger partial charge in [-0.05, 0) is 39.8 Å². The Balaban J connectivity index is 2.30. The molecule has 0 amide bonds. The maximum atomic E-state index is 3.76. The minimum Gasteiger partial charge on any atom is -0.317 e. The van der Waals surface area contributed by atoms with E-state index in [0.717, 1.165) is 18.5 Å². The van der Waals surface area contributed by atoms with Gasteiger partial charge in [0, 0.05) is 18.6 Å². The fourth-order valence-electron chi connectivity index (χ4n) is 2.07. The Morgan fingerprint density at radius 2 is 2.38 bits per heavy atom. The van der Waals surface area contributed by atoms with Crippen molar-refractivity contribution in [3.8, 4) is 0 Å². The average Bonchev–Trinajstić information content (AvgIpc) is 2.16. The Morgan fingerprint density at radius 1 is 1.62 bits per heavy atom. The van der Waals surface area contributed by atoms with Crippen LogP contribution < -0.4 is 5.32 Å². The number of likely N-dealkylation sites (tertiary alicyclic amines) is 1. The first-order valence-electron chi connectivity index (χ1n) is 5.30. The lowest BCUT2D eigenvalue weighted by atomic mass is 9.98. The van der Waals surface area contributed by atoms with E-state index in [2.05, 4.69) is 30.8 Å². The molecule has 0 aromatic carbocycles. The summed E-state index contributed by atoms with van der Waals surface area (Å²) in [6.45, 7) is 8.51. The molecule has 0 aromatic rings. The number of nitrogens with one attached hydrogen (secondary N) is 1. The first-order valence-corrected chi connectivity index (χ1v) is 5.30. The maximum absolute atomic E-state index is 3.76. The lowest BCUT2D eigenvalue weighted by molar-refractivity contribution is 0.141. The zero-order valence-corrected chi connectivity index (χ0v) is 8.92. The van der Waals surface area contributed by atoms with E-state index in [0.29, 0.717) is 0 Å². The van der Waals surface area contributed by atoms with Gasteiger partial charge in [0.05, 0.1) is 0 Å². The second-order valence-electron chi connectivity index (χ2n) is 3.97. The van der Waals surface area contributed by atoms with Crippen LogP contribution in [0.4, 0.5) is 0 Å². The molecular weight excluding hydrogens is 160 g/mol. The molecule has 2 unspecified atom stereocenters. The van der Waals surface area contributed by atoms with Crippen molar-refractivity contribution in [1.29, 1.82) is 0 Å². The van der Waals surface area contributed by atoms with Crippen molar-refractivity contribution in [2.45, 2.75) is 38.3 Å². The number of piperidine rings is 1. The highest BCUT2D eigenvalue weighted by atomic mass is 15.2. The van der Waals surface area contributed by atoms with Crippen LogP contribution in [0.5, 0.6) is 0 Å². The smallest absolute Gasteiger partial charge is 0.00910 e. The summed E-state index contributed by atoms with van der Waals surface area (Å²) in [6, 6.07) is 1.46. The molecule has 1 heterocycles. The topological polar surface area (TPSA) is 15.3 Å². The van der Waals surface area contributed by atoms with E-state index in [9.17, 15) is 0 Å². The summed E-state index contributed by atoms with van der Waals surface area (Å²) in [4.78, 5) is 2.56. The van der Waals surface area contributed by atoms with Gasteiger partial charge in [0.15, 0.2) is 0 Å². The largest absolute Gasteiger partial charge is 0.317 e. The van der Waals surface area contributed by atoms with Crippen molar-refractivity contribution in [3.63, 3.8) is 0 Å². The third-order valence-electron chi connectivity index (χ3n) is 3.04. The predicted molar refractivity (Wildman–Crippen MR) is 57.9 cm³/mol. The van der Waals surface area contributed by atoms with E-state index < -0.39 is 0 Å². The zero-order chi connectivity index (χ0) is 9.68. The predicted octanol–water partition coefficient (Wildman–Crippen LogP) is 1.63. The van der Waals surface area contributed by atoms with Crippen LogP contribution in [0.1, 0.15) is 26.2 Å². The van der Waals surface area contributed by atoms with Crippen molar-refractivity contribution in [1.82, 2.24) is 10.2 Å². The van der Waals surface area contributed by atoms with Gasteiger partial charge in [-0.25, -0.2) is 0 Å². The van der Waals surface area contributed by atoms with Gasteiger partial charge in [0.1, 0.15) is 0 Å². The summed E-state index contributed by atoms with van der Waals surface area (Å²) in [6.07, 6.45) is 5.71. The molecule has 0 saturated carbocycles. The standard InChI is InChI=1S/C11H22N2/c1-4-5-7-13-8-6-11(12-3)9-10(13)2/h4,10-12H,1,5-9H2,2-3H3. The van der Waals surface area contributed by atoms with Gasteiger partial charge in [-0.2, -0.15) is 0 Å². The monoisotopic (exact) mass is 182 g/mol. The molecule has 2 heteroatoms. The van der Waals surface area contributed by atoms with Crippen LogP contribution >= 0.6 is 0 Å². The minimum atomic E-state index is 0.728. The molecule has 0 aliphatic carbocycles. The third-order valence-corrected chi connectivity index (χ3v) is 3.04. The highest BCUT2D eigenvalue weighted by Crippen LogP contribution is 2.16.